The molecule has 0 unspecified atom stereocenters. The van der Waals surface area contributed by atoms with Gasteiger partial charge in [-0.1, -0.05) is 12.2 Å². The van der Waals surface area contributed by atoms with Gasteiger partial charge in [-0.2, -0.15) is 0 Å². The first-order valence-corrected chi connectivity index (χ1v) is 5.94. The second-order valence-electron chi connectivity index (χ2n) is 6.26. The zero-order chi connectivity index (χ0) is 12.0. The molecule has 1 amide bonds. The second kappa shape index (κ2) is 3.51. The fourth-order valence-corrected chi connectivity index (χ4v) is 2.71. The number of rotatable bonds is 0. The third-order valence-corrected chi connectivity index (χ3v) is 3.34. The highest BCUT2D eigenvalue weighted by molar-refractivity contribution is 5.68. The van der Waals surface area contributed by atoms with E-state index in [1.165, 1.54) is 5.57 Å². The zero-order valence-electron chi connectivity index (χ0n) is 10.5. The third kappa shape index (κ3) is 2.23. The summed E-state index contributed by atoms with van der Waals surface area (Å²) >= 11 is 0. The Kier molecular flexibility index (Phi) is 2.52. The lowest BCUT2D eigenvalue weighted by Crippen LogP contribution is -2.39. The maximum absolute atomic E-state index is 11.9. The van der Waals surface area contributed by atoms with E-state index in [9.17, 15) is 4.79 Å². The molecule has 0 N–H and O–H groups in total. The predicted octanol–water partition coefficient (Wildman–Crippen LogP) is 2.96. The molecule has 1 saturated carbocycles. The molecule has 2 fully saturated rings. The summed E-state index contributed by atoms with van der Waals surface area (Å²) in [6, 6.07) is 0. The standard InChI is InChI=1S/C13H21NO2/c1-10-7-13(8-10)5-6-14(9-13)11(15)16-12(2,3)4/h1,5-9H2,2-4H3. The van der Waals surface area contributed by atoms with Crippen molar-refractivity contribution < 1.29 is 9.53 Å². The molecule has 90 valence electrons. The maximum Gasteiger partial charge on any atom is 0.410 e. The number of carbonyl (C=O) groups excluding carboxylic acids is 1. The van der Waals surface area contributed by atoms with Crippen molar-refractivity contribution >= 4 is 6.09 Å². The SMILES string of the molecule is C=C1CC2(CCN(C(=O)OC(C)(C)C)C2)C1. The Bertz CT molecular complexity index is 319. The minimum Gasteiger partial charge on any atom is -0.444 e. The predicted molar refractivity (Wildman–Crippen MR) is 63.2 cm³/mol. The largest absolute Gasteiger partial charge is 0.444 e. The van der Waals surface area contributed by atoms with E-state index >= 15 is 0 Å². The molecule has 1 heterocycles. The van der Waals surface area contributed by atoms with E-state index in [-0.39, 0.29) is 6.09 Å². The van der Waals surface area contributed by atoms with Gasteiger partial charge in [0.05, 0.1) is 0 Å². The highest BCUT2D eigenvalue weighted by Crippen LogP contribution is 2.50. The maximum atomic E-state index is 11.9. The molecule has 0 radical (unpaired) electrons. The van der Waals surface area contributed by atoms with Gasteiger partial charge in [0.1, 0.15) is 5.60 Å². The monoisotopic (exact) mass is 223 g/mol. The van der Waals surface area contributed by atoms with Crippen LogP contribution in [0.5, 0.6) is 0 Å². The fraction of sp³-hybridized carbons (Fsp3) is 0.769. The first-order valence-electron chi connectivity index (χ1n) is 5.94. The summed E-state index contributed by atoms with van der Waals surface area (Å²) < 4.78 is 5.37. The number of hydrogen-bond acceptors (Lipinski definition) is 2. The Morgan fingerprint density at radius 1 is 1.44 bits per heavy atom. The molecule has 0 bridgehead atoms. The van der Waals surface area contributed by atoms with Crippen LogP contribution in [-0.2, 0) is 4.74 Å². The molecule has 2 aliphatic rings. The smallest absolute Gasteiger partial charge is 0.410 e. The minimum atomic E-state index is -0.393. The van der Waals surface area contributed by atoms with E-state index in [4.69, 9.17) is 4.74 Å². The summed E-state index contributed by atoms with van der Waals surface area (Å²) in [4.78, 5) is 13.7. The van der Waals surface area contributed by atoms with Gasteiger partial charge in [0.2, 0.25) is 0 Å². The molecular weight excluding hydrogens is 202 g/mol. The molecule has 0 aromatic carbocycles. The van der Waals surface area contributed by atoms with Crippen molar-refractivity contribution in [2.24, 2.45) is 5.41 Å². The Morgan fingerprint density at radius 2 is 2.06 bits per heavy atom. The van der Waals surface area contributed by atoms with Crippen LogP contribution in [0.1, 0.15) is 40.0 Å². The highest BCUT2D eigenvalue weighted by atomic mass is 16.6. The van der Waals surface area contributed by atoms with E-state index in [0.29, 0.717) is 5.41 Å². The van der Waals surface area contributed by atoms with Crippen LogP contribution < -0.4 is 0 Å². The Labute approximate surface area is 97.5 Å². The van der Waals surface area contributed by atoms with Gasteiger partial charge in [0.15, 0.2) is 0 Å². The van der Waals surface area contributed by atoms with E-state index in [0.717, 1.165) is 32.4 Å². The zero-order valence-corrected chi connectivity index (χ0v) is 10.5. The summed E-state index contributed by atoms with van der Waals surface area (Å²) in [5.41, 5.74) is 1.27. The van der Waals surface area contributed by atoms with Crippen molar-refractivity contribution in [1.82, 2.24) is 4.90 Å². The Hall–Kier alpha value is -0.990. The average Bonchev–Trinajstić information content (AvgIpc) is 2.45. The second-order valence-corrected chi connectivity index (χ2v) is 6.26. The van der Waals surface area contributed by atoms with E-state index < -0.39 is 5.60 Å². The Morgan fingerprint density at radius 3 is 2.56 bits per heavy atom. The number of likely N-dealkylation sites (tertiary alicyclic amines) is 1. The molecule has 0 atom stereocenters. The van der Waals surface area contributed by atoms with Gasteiger partial charge in [0, 0.05) is 13.1 Å². The van der Waals surface area contributed by atoms with Crippen LogP contribution >= 0.6 is 0 Å². The van der Waals surface area contributed by atoms with Crippen LogP contribution in [0.3, 0.4) is 0 Å². The summed E-state index contributed by atoms with van der Waals surface area (Å²) in [6.07, 6.45) is 3.12. The van der Waals surface area contributed by atoms with Crippen molar-refractivity contribution in [2.45, 2.75) is 45.6 Å². The summed E-state index contributed by atoms with van der Waals surface area (Å²) in [5.74, 6) is 0. The summed E-state index contributed by atoms with van der Waals surface area (Å²) in [7, 11) is 0. The third-order valence-electron chi connectivity index (χ3n) is 3.34. The van der Waals surface area contributed by atoms with Gasteiger partial charge in [-0.25, -0.2) is 4.79 Å². The number of ether oxygens (including phenoxy) is 1. The first kappa shape index (κ1) is 11.5. The average molecular weight is 223 g/mol. The lowest BCUT2D eigenvalue weighted by molar-refractivity contribution is 0.0262. The normalized spacial score (nSPS) is 23.4. The number of hydrogen-bond donors (Lipinski definition) is 0. The summed E-state index contributed by atoms with van der Waals surface area (Å²) in [5, 5.41) is 0. The number of carbonyl (C=O) groups is 1. The topological polar surface area (TPSA) is 29.5 Å². The highest BCUT2D eigenvalue weighted by Gasteiger charge is 2.46. The molecule has 0 aromatic heterocycles. The number of amides is 1. The van der Waals surface area contributed by atoms with Crippen molar-refractivity contribution in [1.29, 1.82) is 0 Å². The Balaban J connectivity index is 1.89. The molecule has 1 saturated heterocycles. The number of allylic oxidation sites excluding steroid dienone is 1. The van der Waals surface area contributed by atoms with E-state index in [1.54, 1.807) is 0 Å². The molecule has 3 heteroatoms. The van der Waals surface area contributed by atoms with Crippen LogP contribution in [-0.4, -0.2) is 29.7 Å². The minimum absolute atomic E-state index is 0.165. The lowest BCUT2D eigenvalue weighted by atomic mass is 9.65. The molecule has 2 rings (SSSR count). The molecule has 3 nitrogen and oxygen atoms in total. The first-order chi connectivity index (χ1) is 7.30. The van der Waals surface area contributed by atoms with Crippen molar-refractivity contribution in [3.8, 4) is 0 Å². The molecular formula is C13H21NO2. The fourth-order valence-electron chi connectivity index (χ4n) is 2.71. The van der Waals surface area contributed by atoms with Gasteiger partial charge in [0.25, 0.3) is 0 Å². The summed E-state index contributed by atoms with van der Waals surface area (Å²) in [6.45, 7) is 11.4. The van der Waals surface area contributed by atoms with Crippen LogP contribution in [0.15, 0.2) is 12.2 Å². The molecule has 16 heavy (non-hydrogen) atoms. The van der Waals surface area contributed by atoms with Crippen molar-refractivity contribution in [3.05, 3.63) is 12.2 Å². The van der Waals surface area contributed by atoms with E-state index in [1.807, 2.05) is 25.7 Å². The van der Waals surface area contributed by atoms with Crippen LogP contribution in [0.4, 0.5) is 4.79 Å². The molecule has 1 aliphatic heterocycles. The van der Waals surface area contributed by atoms with Gasteiger partial charge in [-0.15, -0.1) is 0 Å². The van der Waals surface area contributed by atoms with Crippen LogP contribution in [0, 0.1) is 5.41 Å². The van der Waals surface area contributed by atoms with E-state index in [2.05, 4.69) is 6.58 Å². The lowest BCUT2D eigenvalue weighted by Gasteiger charge is -2.40. The van der Waals surface area contributed by atoms with Gasteiger partial charge in [-0.05, 0) is 45.4 Å². The van der Waals surface area contributed by atoms with Crippen LogP contribution in [0.25, 0.3) is 0 Å². The van der Waals surface area contributed by atoms with Gasteiger partial charge < -0.3 is 9.64 Å². The van der Waals surface area contributed by atoms with Gasteiger partial charge in [-0.3, -0.25) is 0 Å². The van der Waals surface area contributed by atoms with Gasteiger partial charge >= 0.3 is 6.09 Å². The quantitative estimate of drug-likeness (QED) is 0.591. The molecule has 1 spiro atoms. The molecule has 0 aromatic rings. The molecule has 1 aliphatic carbocycles. The van der Waals surface area contributed by atoms with Crippen LogP contribution in [0.2, 0.25) is 0 Å². The van der Waals surface area contributed by atoms with Crippen molar-refractivity contribution in [2.75, 3.05) is 13.1 Å². The number of nitrogens with zero attached hydrogens (tertiary/aromatic N) is 1. The van der Waals surface area contributed by atoms with Crippen molar-refractivity contribution in [3.63, 3.8) is 0 Å².